The third-order valence-electron chi connectivity index (χ3n) is 4.56. The maximum Gasteiger partial charge on any atom is 0.494 e. The molecule has 2 aromatic rings. The van der Waals surface area contributed by atoms with Crippen LogP contribution in [-0.4, -0.2) is 18.3 Å². The SMILES string of the molecule is CC1(C)OB(c2ccc(Cc3sccc3F)cc2)OC1(C)C. The summed E-state index contributed by atoms with van der Waals surface area (Å²) in [6.45, 7) is 8.17. The first kappa shape index (κ1) is 15.7. The van der Waals surface area contributed by atoms with Crippen LogP contribution < -0.4 is 5.46 Å². The van der Waals surface area contributed by atoms with E-state index in [-0.39, 0.29) is 24.1 Å². The van der Waals surface area contributed by atoms with Gasteiger partial charge in [0.25, 0.3) is 0 Å². The van der Waals surface area contributed by atoms with Gasteiger partial charge in [0.1, 0.15) is 5.82 Å². The molecule has 1 aliphatic heterocycles. The minimum Gasteiger partial charge on any atom is -0.399 e. The van der Waals surface area contributed by atoms with E-state index in [1.54, 1.807) is 5.38 Å². The van der Waals surface area contributed by atoms with Gasteiger partial charge < -0.3 is 9.31 Å². The Kier molecular flexibility index (Phi) is 3.92. The molecule has 1 aromatic heterocycles. The third kappa shape index (κ3) is 2.85. The fraction of sp³-hybridized carbons (Fsp3) is 0.412. The Morgan fingerprint density at radius 3 is 2.09 bits per heavy atom. The summed E-state index contributed by atoms with van der Waals surface area (Å²) in [6, 6.07) is 9.55. The van der Waals surface area contributed by atoms with E-state index in [0.717, 1.165) is 15.9 Å². The highest BCUT2D eigenvalue weighted by Crippen LogP contribution is 2.36. The minimum atomic E-state index is -0.350. The zero-order valence-corrected chi connectivity index (χ0v) is 14.2. The third-order valence-corrected chi connectivity index (χ3v) is 5.46. The molecule has 2 nitrogen and oxygen atoms in total. The summed E-state index contributed by atoms with van der Waals surface area (Å²) in [7, 11) is -0.350. The first-order chi connectivity index (χ1) is 10.3. The largest absolute Gasteiger partial charge is 0.494 e. The van der Waals surface area contributed by atoms with Crippen LogP contribution in [0.1, 0.15) is 38.1 Å². The first-order valence-electron chi connectivity index (χ1n) is 7.45. The van der Waals surface area contributed by atoms with Crippen LogP contribution in [0.2, 0.25) is 0 Å². The molecule has 116 valence electrons. The molecule has 0 unspecified atom stereocenters. The first-order valence-corrected chi connectivity index (χ1v) is 8.33. The second-order valence-electron chi connectivity index (χ2n) is 6.70. The predicted molar refractivity (Wildman–Crippen MR) is 89.2 cm³/mol. The lowest BCUT2D eigenvalue weighted by Gasteiger charge is -2.32. The average Bonchev–Trinajstić information content (AvgIpc) is 2.92. The van der Waals surface area contributed by atoms with Crippen LogP contribution in [0, 0.1) is 5.82 Å². The molecule has 0 aliphatic carbocycles. The quantitative estimate of drug-likeness (QED) is 0.802. The molecule has 5 heteroatoms. The Hall–Kier alpha value is -1.17. The van der Waals surface area contributed by atoms with Crippen LogP contribution >= 0.6 is 11.3 Å². The van der Waals surface area contributed by atoms with Crippen LogP contribution in [0.15, 0.2) is 35.7 Å². The van der Waals surface area contributed by atoms with Crippen molar-refractivity contribution in [1.82, 2.24) is 0 Å². The topological polar surface area (TPSA) is 18.5 Å². The standard InChI is InChI=1S/C17H20BFO2S/c1-16(2)17(3,4)21-18(20-16)13-7-5-12(6-8-13)11-15-14(19)9-10-22-15/h5-10H,11H2,1-4H3. The van der Waals surface area contributed by atoms with E-state index in [1.807, 2.05) is 52.0 Å². The van der Waals surface area contributed by atoms with E-state index in [1.165, 1.54) is 17.4 Å². The van der Waals surface area contributed by atoms with Crippen molar-refractivity contribution < 1.29 is 13.7 Å². The Bertz CT molecular complexity index is 648. The van der Waals surface area contributed by atoms with E-state index in [9.17, 15) is 4.39 Å². The molecule has 0 radical (unpaired) electrons. The van der Waals surface area contributed by atoms with Gasteiger partial charge in [-0.1, -0.05) is 24.3 Å². The zero-order valence-electron chi connectivity index (χ0n) is 13.4. The van der Waals surface area contributed by atoms with Crippen molar-refractivity contribution >= 4 is 23.9 Å². The Labute approximate surface area is 135 Å². The molecule has 2 heterocycles. The molecule has 0 N–H and O–H groups in total. The van der Waals surface area contributed by atoms with Gasteiger partial charge in [-0.2, -0.15) is 0 Å². The van der Waals surface area contributed by atoms with Crippen molar-refractivity contribution in [3.63, 3.8) is 0 Å². The van der Waals surface area contributed by atoms with E-state index in [2.05, 4.69) is 0 Å². The molecule has 3 rings (SSSR count). The lowest BCUT2D eigenvalue weighted by molar-refractivity contribution is 0.00578. The van der Waals surface area contributed by atoms with Crippen molar-refractivity contribution in [1.29, 1.82) is 0 Å². The minimum absolute atomic E-state index is 0.125. The lowest BCUT2D eigenvalue weighted by atomic mass is 9.79. The highest BCUT2D eigenvalue weighted by Gasteiger charge is 2.51. The Morgan fingerprint density at radius 1 is 1.00 bits per heavy atom. The molecule has 0 atom stereocenters. The molecule has 0 spiro atoms. The Morgan fingerprint density at radius 2 is 1.59 bits per heavy atom. The highest BCUT2D eigenvalue weighted by molar-refractivity contribution is 7.10. The van der Waals surface area contributed by atoms with Gasteiger partial charge in [-0.3, -0.25) is 0 Å². The zero-order chi connectivity index (χ0) is 16.0. The average molecular weight is 318 g/mol. The summed E-state index contributed by atoms with van der Waals surface area (Å²) in [5, 5.41) is 1.78. The molecule has 1 aromatic carbocycles. The summed E-state index contributed by atoms with van der Waals surface area (Å²) < 4.78 is 25.6. The lowest BCUT2D eigenvalue weighted by Crippen LogP contribution is -2.41. The summed E-state index contributed by atoms with van der Waals surface area (Å²) in [5.41, 5.74) is 1.41. The molecule has 22 heavy (non-hydrogen) atoms. The summed E-state index contributed by atoms with van der Waals surface area (Å²) in [5.74, 6) is -0.125. The van der Waals surface area contributed by atoms with Crippen LogP contribution in [0.25, 0.3) is 0 Å². The second kappa shape index (κ2) is 5.48. The van der Waals surface area contributed by atoms with Gasteiger partial charge in [0, 0.05) is 11.3 Å². The van der Waals surface area contributed by atoms with Crippen molar-refractivity contribution in [3.05, 3.63) is 52.0 Å². The van der Waals surface area contributed by atoms with Crippen LogP contribution in [0.4, 0.5) is 4.39 Å². The molecule has 0 amide bonds. The van der Waals surface area contributed by atoms with E-state index in [0.29, 0.717) is 6.42 Å². The number of rotatable bonds is 3. The summed E-state index contributed by atoms with van der Waals surface area (Å²) in [4.78, 5) is 0.767. The van der Waals surface area contributed by atoms with Crippen molar-refractivity contribution in [3.8, 4) is 0 Å². The molecule has 1 fully saturated rings. The van der Waals surface area contributed by atoms with Crippen LogP contribution in [-0.2, 0) is 15.7 Å². The maximum atomic E-state index is 13.5. The number of halogens is 1. The molecular formula is C17H20BFO2S. The fourth-order valence-corrected chi connectivity index (χ4v) is 3.19. The van der Waals surface area contributed by atoms with E-state index in [4.69, 9.17) is 9.31 Å². The molecular weight excluding hydrogens is 298 g/mol. The smallest absolute Gasteiger partial charge is 0.399 e. The molecule has 0 bridgehead atoms. The van der Waals surface area contributed by atoms with Gasteiger partial charge in [-0.05, 0) is 50.2 Å². The van der Waals surface area contributed by atoms with Gasteiger partial charge in [0.15, 0.2) is 0 Å². The van der Waals surface area contributed by atoms with Crippen LogP contribution in [0.5, 0.6) is 0 Å². The van der Waals surface area contributed by atoms with Crippen molar-refractivity contribution in [2.75, 3.05) is 0 Å². The predicted octanol–water partition coefficient (Wildman–Crippen LogP) is 3.78. The Balaban J connectivity index is 1.74. The number of hydrogen-bond donors (Lipinski definition) is 0. The number of benzene rings is 1. The second-order valence-corrected chi connectivity index (χ2v) is 7.70. The summed E-state index contributed by atoms with van der Waals surface area (Å²) in [6.07, 6.45) is 0.618. The van der Waals surface area contributed by atoms with Gasteiger partial charge in [-0.15, -0.1) is 11.3 Å². The van der Waals surface area contributed by atoms with Crippen molar-refractivity contribution in [2.24, 2.45) is 0 Å². The summed E-state index contributed by atoms with van der Waals surface area (Å²) >= 11 is 1.45. The van der Waals surface area contributed by atoms with Gasteiger partial charge in [0.2, 0.25) is 0 Å². The van der Waals surface area contributed by atoms with Gasteiger partial charge in [0.05, 0.1) is 11.2 Å². The van der Waals surface area contributed by atoms with Gasteiger partial charge >= 0.3 is 7.12 Å². The highest BCUT2D eigenvalue weighted by atomic mass is 32.1. The monoisotopic (exact) mass is 318 g/mol. The van der Waals surface area contributed by atoms with Gasteiger partial charge in [-0.25, -0.2) is 4.39 Å². The van der Waals surface area contributed by atoms with E-state index < -0.39 is 0 Å². The van der Waals surface area contributed by atoms with E-state index >= 15 is 0 Å². The number of hydrogen-bond acceptors (Lipinski definition) is 3. The normalized spacial score (nSPS) is 19.6. The van der Waals surface area contributed by atoms with Crippen LogP contribution in [0.3, 0.4) is 0 Å². The fourth-order valence-electron chi connectivity index (χ4n) is 2.41. The molecule has 1 saturated heterocycles. The number of thiophene rings is 1. The molecule has 1 aliphatic rings. The molecule has 0 saturated carbocycles. The maximum absolute atomic E-state index is 13.5. The van der Waals surface area contributed by atoms with Crippen molar-refractivity contribution in [2.45, 2.75) is 45.3 Å².